The summed E-state index contributed by atoms with van der Waals surface area (Å²) in [6, 6.07) is 15.3. The normalized spacial score (nSPS) is 11.5. The monoisotopic (exact) mass is 319 g/mol. The van der Waals surface area contributed by atoms with Gasteiger partial charge in [-0.3, -0.25) is 4.57 Å². The van der Waals surface area contributed by atoms with Gasteiger partial charge in [0.2, 0.25) is 0 Å². The molecule has 0 heterocycles. The Labute approximate surface area is 131 Å². The molecule has 0 bridgehead atoms. The van der Waals surface area contributed by atoms with Gasteiger partial charge >= 0.3 is 7.60 Å². The highest BCUT2D eigenvalue weighted by molar-refractivity contribution is 7.62. The zero-order valence-corrected chi connectivity index (χ0v) is 13.9. The van der Waals surface area contributed by atoms with Gasteiger partial charge in [-0.2, -0.15) is 0 Å². The van der Waals surface area contributed by atoms with Crippen LogP contribution in [0.3, 0.4) is 0 Å². The zero-order chi connectivity index (χ0) is 16.0. The van der Waals surface area contributed by atoms with Crippen molar-refractivity contribution in [2.45, 2.75) is 20.3 Å². The number of nitrogen functional groups attached to an aromatic ring is 1. The third-order valence-electron chi connectivity index (χ3n) is 3.24. The van der Waals surface area contributed by atoms with E-state index < -0.39 is 7.60 Å². The number of benzene rings is 2. The van der Waals surface area contributed by atoms with Crippen molar-refractivity contribution < 1.29 is 13.6 Å². The molecule has 118 valence electrons. The molecule has 2 N–H and O–H groups in total. The lowest BCUT2D eigenvalue weighted by Gasteiger charge is -2.17. The van der Waals surface area contributed by atoms with E-state index in [1.54, 1.807) is 13.8 Å². The molecule has 0 fully saturated rings. The molecule has 0 amide bonds. The molecule has 0 radical (unpaired) electrons. The average Bonchev–Trinajstić information content (AvgIpc) is 2.51. The van der Waals surface area contributed by atoms with Crippen molar-refractivity contribution in [1.29, 1.82) is 0 Å². The van der Waals surface area contributed by atoms with Gasteiger partial charge < -0.3 is 14.8 Å². The molecular weight excluding hydrogens is 297 g/mol. The van der Waals surface area contributed by atoms with E-state index in [4.69, 9.17) is 14.8 Å². The Morgan fingerprint density at radius 2 is 1.32 bits per heavy atom. The summed E-state index contributed by atoms with van der Waals surface area (Å²) in [5, 5.41) is 0.595. The second-order valence-electron chi connectivity index (χ2n) is 4.92. The Morgan fingerprint density at radius 1 is 0.864 bits per heavy atom. The van der Waals surface area contributed by atoms with Crippen molar-refractivity contribution in [3.8, 4) is 0 Å². The number of rotatable bonds is 7. The van der Waals surface area contributed by atoms with Crippen LogP contribution in [0, 0.1) is 0 Å². The standard InChI is InChI=1S/C17H22NO3P/c1-3-20-22(19,21-4-2)17-11-7-15(8-12-17)13-14-5-9-16(18)10-6-14/h5-12H,3-4,13,18H2,1-2H3. The molecule has 0 atom stereocenters. The van der Waals surface area contributed by atoms with Crippen LogP contribution in [0.2, 0.25) is 0 Å². The van der Waals surface area contributed by atoms with Crippen molar-refractivity contribution in [2.24, 2.45) is 0 Å². The van der Waals surface area contributed by atoms with Gasteiger partial charge in [0, 0.05) is 5.69 Å². The maximum absolute atomic E-state index is 12.7. The van der Waals surface area contributed by atoms with Crippen LogP contribution < -0.4 is 11.0 Å². The molecule has 2 aromatic carbocycles. The van der Waals surface area contributed by atoms with Gasteiger partial charge in [0.1, 0.15) is 0 Å². The molecule has 0 aliphatic carbocycles. The minimum absolute atomic E-state index is 0.352. The summed E-state index contributed by atoms with van der Waals surface area (Å²) in [4.78, 5) is 0. The van der Waals surface area contributed by atoms with E-state index in [1.165, 1.54) is 5.56 Å². The molecule has 0 aromatic heterocycles. The lowest BCUT2D eigenvalue weighted by atomic mass is 10.1. The fourth-order valence-corrected chi connectivity index (χ4v) is 3.76. The molecule has 0 unspecified atom stereocenters. The topological polar surface area (TPSA) is 61.5 Å². The highest BCUT2D eigenvalue weighted by atomic mass is 31.2. The van der Waals surface area contributed by atoms with E-state index in [2.05, 4.69) is 0 Å². The van der Waals surface area contributed by atoms with Crippen molar-refractivity contribution in [2.75, 3.05) is 18.9 Å². The van der Waals surface area contributed by atoms with Crippen LogP contribution in [0.5, 0.6) is 0 Å². The van der Waals surface area contributed by atoms with E-state index in [0.29, 0.717) is 18.5 Å². The third kappa shape index (κ3) is 4.20. The van der Waals surface area contributed by atoms with Gasteiger partial charge in [-0.1, -0.05) is 24.3 Å². The van der Waals surface area contributed by atoms with Crippen molar-refractivity contribution in [1.82, 2.24) is 0 Å². The smallest absolute Gasteiger partial charge is 0.361 e. The number of hydrogen-bond acceptors (Lipinski definition) is 4. The number of nitrogens with two attached hydrogens (primary N) is 1. The van der Waals surface area contributed by atoms with Crippen LogP contribution in [0.25, 0.3) is 0 Å². The molecule has 2 rings (SSSR count). The molecule has 0 aliphatic rings. The SMILES string of the molecule is CCOP(=O)(OCC)c1ccc(Cc2ccc(N)cc2)cc1. The van der Waals surface area contributed by atoms with Crippen LogP contribution in [0.1, 0.15) is 25.0 Å². The largest absolute Gasteiger partial charge is 0.399 e. The summed E-state index contributed by atoms with van der Waals surface area (Å²) in [7, 11) is -3.20. The zero-order valence-electron chi connectivity index (χ0n) is 13.0. The second-order valence-corrected chi connectivity index (χ2v) is 6.95. The van der Waals surface area contributed by atoms with E-state index in [9.17, 15) is 4.57 Å². The second kappa shape index (κ2) is 7.59. The number of hydrogen-bond donors (Lipinski definition) is 1. The summed E-state index contributed by atoms with van der Waals surface area (Å²) >= 11 is 0. The summed E-state index contributed by atoms with van der Waals surface area (Å²) in [6.07, 6.45) is 0.800. The van der Waals surface area contributed by atoms with Crippen LogP contribution in [0.15, 0.2) is 48.5 Å². The molecule has 4 nitrogen and oxygen atoms in total. The molecule has 0 aliphatic heterocycles. The quantitative estimate of drug-likeness (QED) is 0.623. The fourth-order valence-electron chi connectivity index (χ4n) is 2.19. The molecule has 2 aromatic rings. The predicted molar refractivity (Wildman–Crippen MR) is 90.6 cm³/mol. The van der Waals surface area contributed by atoms with E-state index in [1.807, 2.05) is 48.5 Å². The fraction of sp³-hybridized carbons (Fsp3) is 0.294. The third-order valence-corrected chi connectivity index (χ3v) is 5.37. The first-order chi connectivity index (χ1) is 10.6. The summed E-state index contributed by atoms with van der Waals surface area (Å²) < 4.78 is 23.4. The van der Waals surface area contributed by atoms with Crippen molar-refractivity contribution in [3.05, 3.63) is 59.7 Å². The molecule has 0 saturated heterocycles. The van der Waals surface area contributed by atoms with Gasteiger partial charge in [0.25, 0.3) is 0 Å². The van der Waals surface area contributed by atoms with E-state index in [0.717, 1.165) is 17.7 Å². The average molecular weight is 319 g/mol. The van der Waals surface area contributed by atoms with Crippen LogP contribution >= 0.6 is 7.60 Å². The molecule has 22 heavy (non-hydrogen) atoms. The van der Waals surface area contributed by atoms with Crippen molar-refractivity contribution in [3.63, 3.8) is 0 Å². The Morgan fingerprint density at radius 3 is 1.77 bits per heavy atom. The van der Waals surface area contributed by atoms with Gasteiger partial charge in [-0.05, 0) is 55.7 Å². The lowest BCUT2D eigenvalue weighted by molar-refractivity contribution is 0.230. The Balaban J connectivity index is 2.15. The lowest BCUT2D eigenvalue weighted by Crippen LogP contribution is -2.10. The minimum atomic E-state index is -3.20. The molecule has 0 spiro atoms. The molecule has 5 heteroatoms. The Hall–Kier alpha value is -1.61. The minimum Gasteiger partial charge on any atom is -0.399 e. The van der Waals surface area contributed by atoms with Gasteiger partial charge in [0.15, 0.2) is 0 Å². The van der Waals surface area contributed by atoms with E-state index in [-0.39, 0.29) is 0 Å². The van der Waals surface area contributed by atoms with Crippen LogP contribution in [0.4, 0.5) is 5.69 Å². The van der Waals surface area contributed by atoms with Gasteiger partial charge in [-0.15, -0.1) is 0 Å². The first-order valence-corrected chi connectivity index (χ1v) is 8.94. The maximum Gasteiger partial charge on any atom is 0.361 e. The Bertz CT molecular complexity index is 628. The van der Waals surface area contributed by atoms with Crippen LogP contribution in [-0.4, -0.2) is 13.2 Å². The van der Waals surface area contributed by atoms with Crippen molar-refractivity contribution >= 4 is 18.6 Å². The van der Waals surface area contributed by atoms with Crippen LogP contribution in [-0.2, 0) is 20.0 Å². The Kier molecular flexibility index (Phi) is 5.78. The first-order valence-electron chi connectivity index (χ1n) is 7.40. The highest BCUT2D eigenvalue weighted by Gasteiger charge is 2.26. The first kappa shape index (κ1) is 16.8. The number of anilines is 1. The molecule has 0 saturated carbocycles. The molecular formula is C17H22NO3P. The predicted octanol–water partition coefficient (Wildman–Crippen LogP) is 3.75. The summed E-state index contributed by atoms with van der Waals surface area (Å²) in [5.74, 6) is 0. The van der Waals surface area contributed by atoms with Gasteiger partial charge in [-0.25, -0.2) is 0 Å². The summed E-state index contributed by atoms with van der Waals surface area (Å²) in [5.41, 5.74) is 8.76. The van der Waals surface area contributed by atoms with Gasteiger partial charge in [0.05, 0.1) is 18.5 Å². The summed E-state index contributed by atoms with van der Waals surface area (Å²) in [6.45, 7) is 4.32. The maximum atomic E-state index is 12.7. The van der Waals surface area contributed by atoms with E-state index >= 15 is 0 Å². The highest BCUT2D eigenvalue weighted by Crippen LogP contribution is 2.46.